The highest BCUT2D eigenvalue weighted by Gasteiger charge is 2.18. The fourth-order valence-corrected chi connectivity index (χ4v) is 3.20. The first-order chi connectivity index (χ1) is 18.0. The third-order valence-corrected chi connectivity index (χ3v) is 4.83. The van der Waals surface area contributed by atoms with Crippen LogP contribution in [0, 0.1) is 20.2 Å². The van der Waals surface area contributed by atoms with Crippen molar-refractivity contribution in [2.75, 3.05) is 5.73 Å². The van der Waals surface area contributed by atoms with Gasteiger partial charge in [-0.2, -0.15) is 0 Å². The first kappa shape index (κ1) is 27.4. The maximum atomic E-state index is 11.4. The smallest absolute Gasteiger partial charge is 0.417 e. The van der Waals surface area contributed by atoms with E-state index in [0.29, 0.717) is 0 Å². The summed E-state index contributed by atoms with van der Waals surface area (Å²) in [6.07, 6.45) is 9.17. The van der Waals surface area contributed by atoms with Crippen molar-refractivity contribution in [1.29, 1.82) is 0 Å². The Morgan fingerprint density at radius 3 is 2.00 bits per heavy atom. The minimum atomic E-state index is -0.752. The van der Waals surface area contributed by atoms with E-state index in [0.717, 1.165) is 12.1 Å². The number of fused-ring (bicyclic) bond motifs is 1. The van der Waals surface area contributed by atoms with Crippen molar-refractivity contribution in [3.63, 3.8) is 0 Å². The van der Waals surface area contributed by atoms with Gasteiger partial charge in [-0.25, -0.2) is 19.6 Å². The zero-order valence-electron chi connectivity index (χ0n) is 18.6. The van der Waals surface area contributed by atoms with Gasteiger partial charge in [0.25, 0.3) is 0 Å². The quantitative estimate of drug-likeness (QED) is 0.120. The summed E-state index contributed by atoms with van der Waals surface area (Å²) in [6, 6.07) is 4.59. The predicted molar refractivity (Wildman–Crippen MR) is 133 cm³/mol. The number of phenols is 1. The van der Waals surface area contributed by atoms with Crippen molar-refractivity contribution in [2.24, 2.45) is 0 Å². The van der Waals surface area contributed by atoms with E-state index in [1.165, 1.54) is 33.9 Å². The Morgan fingerprint density at radius 2 is 1.50 bits per heavy atom. The summed E-state index contributed by atoms with van der Waals surface area (Å²) in [5.41, 5.74) is 4.43. The fraction of sp³-hybridized carbons (Fsp3) is 0. The number of carbonyl (C=O) groups excluding carboxylic acids is 1. The lowest BCUT2D eigenvalue weighted by molar-refractivity contribution is -0.385. The number of nitro benzene ring substituents is 2. The van der Waals surface area contributed by atoms with Gasteiger partial charge in [0.2, 0.25) is 11.3 Å². The molecule has 0 bridgehead atoms. The molecule has 0 unspecified atom stereocenters. The average molecular weight is 565 g/mol. The van der Waals surface area contributed by atoms with Gasteiger partial charge in [0.15, 0.2) is 0 Å². The SMILES string of the molecule is Nc1cc(Cl)cc([N+](=O)[O-])c1O.O=C(n1ccnc1)n1ccnc1.O=c1[nH]c2cc(Cl)cc([N+](=O)[O-])c2o1. The number of benzene rings is 2. The molecule has 2 aromatic carbocycles. The molecule has 0 atom stereocenters. The second kappa shape index (κ2) is 11.7. The van der Waals surface area contributed by atoms with Crippen LogP contribution in [0.15, 0.2) is 70.9 Å². The zero-order chi connectivity index (χ0) is 28.0. The third-order valence-electron chi connectivity index (χ3n) is 4.39. The highest BCUT2D eigenvalue weighted by atomic mass is 35.5. The van der Waals surface area contributed by atoms with Gasteiger partial charge in [0.05, 0.1) is 21.1 Å². The van der Waals surface area contributed by atoms with E-state index < -0.39 is 27.0 Å². The number of phenolic OH excluding ortho intramolecular Hbond substituents is 1. The molecule has 16 nitrogen and oxygen atoms in total. The molecule has 0 aliphatic heterocycles. The van der Waals surface area contributed by atoms with Crippen LogP contribution < -0.4 is 11.5 Å². The van der Waals surface area contributed by atoms with Crippen molar-refractivity contribution < 1.29 is 24.2 Å². The van der Waals surface area contributed by atoms with Crippen molar-refractivity contribution in [1.82, 2.24) is 24.1 Å². The van der Waals surface area contributed by atoms with E-state index >= 15 is 0 Å². The van der Waals surface area contributed by atoms with Crippen molar-refractivity contribution in [3.05, 3.63) is 103 Å². The number of oxazole rings is 1. The van der Waals surface area contributed by atoms with Gasteiger partial charge >= 0.3 is 23.2 Å². The molecule has 0 amide bonds. The van der Waals surface area contributed by atoms with E-state index in [-0.39, 0.29) is 38.6 Å². The highest BCUT2D eigenvalue weighted by molar-refractivity contribution is 6.31. The number of nitrogens with one attached hydrogen (secondary N) is 1. The van der Waals surface area contributed by atoms with Gasteiger partial charge in [0.1, 0.15) is 12.7 Å². The van der Waals surface area contributed by atoms with E-state index in [4.69, 9.17) is 34.0 Å². The molecule has 5 aromatic rings. The van der Waals surface area contributed by atoms with Crippen LogP contribution in [-0.2, 0) is 0 Å². The number of halogens is 2. The number of rotatable bonds is 2. The number of hydrogen-bond donors (Lipinski definition) is 3. The summed E-state index contributed by atoms with van der Waals surface area (Å²) in [4.78, 5) is 51.4. The molecule has 0 saturated carbocycles. The molecule has 3 heterocycles. The Morgan fingerprint density at radius 1 is 0.974 bits per heavy atom. The minimum absolute atomic E-state index is 0.0931. The largest absolute Gasteiger partial charge is 0.501 e. The van der Waals surface area contributed by atoms with Crippen LogP contribution in [0.4, 0.5) is 21.9 Å². The lowest BCUT2D eigenvalue weighted by atomic mass is 10.2. The molecule has 0 aliphatic carbocycles. The number of aromatic hydroxyl groups is 1. The molecular formula is C20H14Cl2N8O8. The van der Waals surface area contributed by atoms with Gasteiger partial charge in [-0.15, -0.1) is 0 Å². The second-order valence-corrected chi connectivity index (χ2v) is 7.79. The number of nitrogens with two attached hydrogens (primary N) is 1. The summed E-state index contributed by atoms with van der Waals surface area (Å²) in [5.74, 6) is -1.30. The van der Waals surface area contributed by atoms with Gasteiger partial charge in [-0.05, 0) is 12.1 Å². The number of nitro groups is 2. The number of nitrogen functional groups attached to an aromatic ring is 1. The van der Waals surface area contributed by atoms with Crippen molar-refractivity contribution >= 4 is 57.4 Å². The highest BCUT2D eigenvalue weighted by Crippen LogP contribution is 2.34. The lowest BCUT2D eigenvalue weighted by Crippen LogP contribution is -2.15. The summed E-state index contributed by atoms with van der Waals surface area (Å²) in [5, 5.41) is 30.2. The number of H-pyrrole nitrogens is 1. The topological polar surface area (TPSA) is 231 Å². The molecule has 3 aromatic heterocycles. The summed E-state index contributed by atoms with van der Waals surface area (Å²) >= 11 is 11.1. The van der Waals surface area contributed by atoms with E-state index in [1.54, 1.807) is 24.8 Å². The summed E-state index contributed by atoms with van der Waals surface area (Å²) in [7, 11) is 0. The number of anilines is 1. The lowest BCUT2D eigenvalue weighted by Gasteiger charge is -1.99. The van der Waals surface area contributed by atoms with Crippen LogP contribution in [-0.4, -0.2) is 45.1 Å². The molecular weight excluding hydrogens is 551 g/mol. The van der Waals surface area contributed by atoms with Crippen LogP contribution >= 0.6 is 23.2 Å². The van der Waals surface area contributed by atoms with Crippen LogP contribution in [0.5, 0.6) is 5.75 Å². The van der Waals surface area contributed by atoms with Crippen LogP contribution in [0.25, 0.3) is 11.1 Å². The van der Waals surface area contributed by atoms with Crippen LogP contribution in [0.3, 0.4) is 0 Å². The second-order valence-electron chi connectivity index (χ2n) is 6.92. The number of hydrogen-bond acceptors (Lipinski definition) is 11. The van der Waals surface area contributed by atoms with E-state index in [1.807, 2.05) is 0 Å². The molecule has 0 saturated heterocycles. The van der Waals surface area contributed by atoms with Crippen molar-refractivity contribution in [3.8, 4) is 5.75 Å². The summed E-state index contributed by atoms with van der Waals surface area (Å²) in [6.45, 7) is 0. The molecule has 18 heteroatoms. The minimum Gasteiger partial charge on any atom is -0.501 e. The maximum Gasteiger partial charge on any atom is 0.417 e. The Bertz CT molecular complexity index is 1630. The number of aromatic amines is 1. The van der Waals surface area contributed by atoms with Gasteiger partial charge in [0, 0.05) is 47.0 Å². The van der Waals surface area contributed by atoms with Gasteiger partial charge in [-0.3, -0.25) is 34.3 Å². The molecule has 196 valence electrons. The van der Waals surface area contributed by atoms with Crippen molar-refractivity contribution in [2.45, 2.75) is 0 Å². The normalized spacial score (nSPS) is 10.2. The predicted octanol–water partition coefficient (Wildman–Crippen LogP) is 3.81. The number of imidazole rings is 2. The number of carbonyl (C=O) groups is 1. The number of aromatic nitrogens is 5. The zero-order valence-corrected chi connectivity index (χ0v) is 20.1. The summed E-state index contributed by atoms with van der Waals surface area (Å²) < 4.78 is 7.36. The van der Waals surface area contributed by atoms with E-state index in [2.05, 4.69) is 19.4 Å². The molecule has 0 spiro atoms. The fourth-order valence-electron chi connectivity index (χ4n) is 2.77. The number of non-ortho nitro benzene ring substituents is 1. The first-order valence-corrected chi connectivity index (χ1v) is 10.6. The van der Waals surface area contributed by atoms with Gasteiger partial charge in [-0.1, -0.05) is 23.2 Å². The van der Waals surface area contributed by atoms with E-state index in [9.17, 15) is 29.8 Å². The van der Waals surface area contributed by atoms with Gasteiger partial charge < -0.3 is 15.3 Å². The molecule has 0 fully saturated rings. The Hall–Kier alpha value is -5.22. The molecule has 4 N–H and O–H groups in total. The molecule has 38 heavy (non-hydrogen) atoms. The van der Waals surface area contributed by atoms with Crippen LogP contribution in [0.2, 0.25) is 10.0 Å². The molecule has 5 rings (SSSR count). The number of nitrogens with zero attached hydrogens (tertiary/aromatic N) is 6. The maximum absolute atomic E-state index is 11.4. The third kappa shape index (κ3) is 6.50. The molecule has 0 aliphatic rings. The Labute approximate surface area is 219 Å². The average Bonchev–Trinajstić information content (AvgIpc) is 3.63. The Kier molecular flexibility index (Phi) is 8.41. The Balaban J connectivity index is 0.000000159. The molecule has 0 radical (unpaired) electrons. The van der Waals surface area contributed by atoms with Crippen LogP contribution in [0.1, 0.15) is 0 Å². The first-order valence-electron chi connectivity index (χ1n) is 9.87. The monoisotopic (exact) mass is 564 g/mol. The standard InChI is InChI=1S/C7H3ClN2O4.C7H6N4O.C6H5ClN2O3/c8-3-1-4-6(14-7(11)9-4)5(2-3)10(12)13;12-7(10-3-1-8-5-10)11-4-2-9-6-11;7-3-1-4(8)6(10)5(2-3)9(11)12/h1-2H,(H,9,11);1-6H;1-2,10H,8H2.